The summed E-state index contributed by atoms with van der Waals surface area (Å²) in [6.07, 6.45) is 5.83. The number of H-pyrrole nitrogens is 2. The van der Waals surface area contributed by atoms with Crippen LogP contribution in [0.25, 0.3) is 44.5 Å². The fraction of sp³-hybridized carbons (Fsp3) is 0.476. The van der Waals surface area contributed by atoms with Crippen molar-refractivity contribution in [1.29, 1.82) is 0 Å². The van der Waals surface area contributed by atoms with E-state index in [4.69, 9.17) is 19.2 Å². The molecule has 4 amide bonds. The number of rotatable bonds is 14. The third-order valence-corrected chi connectivity index (χ3v) is 11.2. The summed E-state index contributed by atoms with van der Waals surface area (Å²) < 4.78 is 14.9. The maximum atomic E-state index is 13.6. The molecule has 0 saturated carbocycles. The molecule has 0 bridgehead atoms. The first-order chi connectivity index (χ1) is 28.6. The van der Waals surface area contributed by atoms with Crippen LogP contribution in [-0.2, 0) is 30.2 Å². The number of aromatic nitrogens is 6. The minimum Gasteiger partial charge on any atom is -0.453 e. The van der Waals surface area contributed by atoms with Crippen molar-refractivity contribution in [1.82, 2.24) is 51.0 Å². The molecule has 5 N–H and O–H groups in total. The maximum absolute atomic E-state index is 13.6. The van der Waals surface area contributed by atoms with E-state index in [1.54, 1.807) is 4.90 Å². The number of alkyl carbamates (subject to hydrolysis) is 2. The molecule has 5 heterocycles. The van der Waals surface area contributed by atoms with Crippen molar-refractivity contribution in [2.75, 3.05) is 40.5 Å². The van der Waals surface area contributed by atoms with Crippen molar-refractivity contribution in [3.05, 3.63) is 60.3 Å². The predicted octanol–water partition coefficient (Wildman–Crippen LogP) is 5.20. The number of carbonyl (C=O) groups is 4. The Morgan fingerprint density at radius 3 is 2.46 bits per heavy atom. The Morgan fingerprint density at radius 1 is 0.898 bits per heavy atom. The third kappa shape index (κ3) is 9.62. The number of hydrogen-bond donors (Lipinski definition) is 5. The highest BCUT2D eigenvalue weighted by Crippen LogP contribution is 2.34. The molecular formula is C42H52N10O7. The van der Waals surface area contributed by atoms with E-state index in [0.29, 0.717) is 57.1 Å². The van der Waals surface area contributed by atoms with Crippen LogP contribution in [0.15, 0.2) is 48.7 Å². The highest BCUT2D eigenvalue weighted by molar-refractivity contribution is 5.89. The maximum Gasteiger partial charge on any atom is 0.407 e. The molecule has 5 aromatic rings. The highest BCUT2D eigenvalue weighted by Gasteiger charge is 2.38. The van der Waals surface area contributed by atoms with E-state index >= 15 is 0 Å². The molecule has 3 atom stereocenters. The molecule has 312 valence electrons. The van der Waals surface area contributed by atoms with E-state index < -0.39 is 24.3 Å². The fourth-order valence-corrected chi connectivity index (χ4v) is 7.89. The first-order valence-electron chi connectivity index (χ1n) is 20.3. The number of aromatic amines is 2. The van der Waals surface area contributed by atoms with Crippen LogP contribution >= 0.6 is 0 Å². The average molecular weight is 809 g/mol. The molecule has 2 saturated heterocycles. The van der Waals surface area contributed by atoms with Crippen LogP contribution in [0, 0.1) is 11.8 Å². The molecule has 17 heteroatoms. The fourth-order valence-electron chi connectivity index (χ4n) is 7.89. The number of aryl methyl sites for hydroxylation is 1. The molecule has 2 fully saturated rings. The number of hydrogen-bond acceptors (Lipinski definition) is 11. The lowest BCUT2D eigenvalue weighted by Gasteiger charge is -2.29. The van der Waals surface area contributed by atoms with E-state index in [9.17, 15) is 19.2 Å². The number of benzene rings is 2. The molecule has 3 aromatic heterocycles. The Hall–Kier alpha value is -6.10. The number of unbranched alkanes of at least 4 members (excludes halogenated alkanes) is 1. The first kappa shape index (κ1) is 41.1. The zero-order valence-corrected chi connectivity index (χ0v) is 33.9. The standard InChI is InChI=1S/C42H52N10O7/c1-24(2)36(48-41(55)57-3)40(54)52-17-7-8-34(52)38-46-29-13-12-27(22-32(29)47-38)30-20-26-10-11-28(21-31(26)51-50-30)33-23-44-35(45-33)9-5-6-16-43-39(53)37(49-42(56)58-4)25-14-18-59-19-15-25/h10-13,20-25,34,36-37H,5-9,14-19H2,1-4H3,(H,43,53)(H,44,45)(H,46,47)(H,48,55)(H,49,56). The molecule has 2 aliphatic rings. The van der Waals surface area contributed by atoms with Crippen LogP contribution in [0.3, 0.4) is 0 Å². The zero-order valence-electron chi connectivity index (χ0n) is 33.9. The molecule has 0 radical (unpaired) electrons. The second-order valence-corrected chi connectivity index (χ2v) is 15.5. The molecule has 3 unspecified atom stereocenters. The van der Waals surface area contributed by atoms with Gasteiger partial charge in [0, 0.05) is 49.2 Å². The Bertz CT molecular complexity index is 2280. The van der Waals surface area contributed by atoms with Gasteiger partial charge in [-0.25, -0.2) is 19.6 Å². The van der Waals surface area contributed by atoms with Crippen molar-refractivity contribution in [2.24, 2.45) is 11.8 Å². The van der Waals surface area contributed by atoms with Gasteiger partial charge in [-0.15, -0.1) is 10.2 Å². The van der Waals surface area contributed by atoms with Crippen molar-refractivity contribution >= 4 is 45.9 Å². The Labute approximate surface area is 341 Å². The van der Waals surface area contributed by atoms with Crippen molar-refractivity contribution in [2.45, 2.75) is 76.9 Å². The number of methoxy groups -OCH3 is 2. The average Bonchev–Trinajstić information content (AvgIpc) is 4.04. The van der Waals surface area contributed by atoms with Gasteiger partial charge >= 0.3 is 12.2 Å². The number of nitrogens with zero attached hydrogens (tertiary/aromatic N) is 5. The monoisotopic (exact) mass is 808 g/mol. The van der Waals surface area contributed by atoms with E-state index in [-0.39, 0.29) is 29.7 Å². The minimum atomic E-state index is -0.704. The Kier molecular flexibility index (Phi) is 13.0. The number of nitrogens with one attached hydrogen (secondary N) is 5. The summed E-state index contributed by atoms with van der Waals surface area (Å²) in [5, 5.41) is 18.4. The van der Waals surface area contributed by atoms with Crippen LogP contribution in [0.4, 0.5) is 9.59 Å². The molecule has 7 rings (SSSR count). The van der Waals surface area contributed by atoms with Crippen LogP contribution < -0.4 is 16.0 Å². The van der Waals surface area contributed by atoms with E-state index in [0.717, 1.165) is 70.3 Å². The van der Waals surface area contributed by atoms with Gasteiger partial charge in [0.1, 0.15) is 23.7 Å². The van der Waals surface area contributed by atoms with Crippen LogP contribution in [0.5, 0.6) is 0 Å². The predicted molar refractivity (Wildman–Crippen MR) is 219 cm³/mol. The molecular weight excluding hydrogens is 757 g/mol. The first-order valence-corrected chi connectivity index (χ1v) is 20.3. The van der Waals surface area contributed by atoms with Gasteiger partial charge < -0.3 is 45.0 Å². The van der Waals surface area contributed by atoms with Crippen LogP contribution in [0.2, 0.25) is 0 Å². The number of fused-ring (bicyclic) bond motifs is 2. The highest BCUT2D eigenvalue weighted by atomic mass is 16.5. The second-order valence-electron chi connectivity index (χ2n) is 15.5. The topological polar surface area (TPSA) is 218 Å². The molecule has 0 aliphatic carbocycles. The van der Waals surface area contributed by atoms with Crippen molar-refractivity contribution in [3.8, 4) is 22.5 Å². The lowest BCUT2D eigenvalue weighted by Crippen LogP contribution is -2.52. The van der Waals surface area contributed by atoms with Gasteiger partial charge in [-0.2, -0.15) is 0 Å². The Balaban J connectivity index is 0.953. The SMILES string of the molecule is COC(=O)NC(C(=O)N1CCCC1c1nc2ccc(-c3cc4ccc(-c5cnc(CCCCNC(=O)C(NC(=O)OC)C6CCOCC6)[nH]5)cc4nn3)cc2[nH]1)C(C)C. The molecule has 59 heavy (non-hydrogen) atoms. The summed E-state index contributed by atoms with van der Waals surface area (Å²) in [6.45, 7) is 5.98. The second kappa shape index (κ2) is 18.7. The van der Waals surface area contributed by atoms with Gasteiger partial charge in [-0.3, -0.25) is 9.59 Å². The third-order valence-electron chi connectivity index (χ3n) is 11.2. The van der Waals surface area contributed by atoms with Crippen LogP contribution in [0.1, 0.15) is 70.1 Å². The smallest absolute Gasteiger partial charge is 0.407 e. The number of ether oxygens (including phenoxy) is 3. The van der Waals surface area contributed by atoms with E-state index in [1.807, 2.05) is 62.5 Å². The molecule has 2 aliphatic heterocycles. The van der Waals surface area contributed by atoms with E-state index in [1.165, 1.54) is 14.2 Å². The van der Waals surface area contributed by atoms with Gasteiger partial charge in [0.15, 0.2) is 0 Å². The number of imidazole rings is 2. The van der Waals surface area contributed by atoms with Gasteiger partial charge in [0.25, 0.3) is 0 Å². The molecule has 17 nitrogen and oxygen atoms in total. The van der Waals surface area contributed by atoms with Crippen LogP contribution in [-0.4, -0.2) is 112 Å². The lowest BCUT2D eigenvalue weighted by atomic mass is 9.91. The largest absolute Gasteiger partial charge is 0.453 e. The number of likely N-dealkylation sites (tertiary alicyclic amines) is 1. The quantitative estimate of drug-likeness (QED) is 0.0919. The summed E-state index contributed by atoms with van der Waals surface area (Å²) in [4.78, 5) is 68.6. The van der Waals surface area contributed by atoms with Crippen molar-refractivity contribution in [3.63, 3.8) is 0 Å². The molecule has 0 spiro atoms. The Morgan fingerprint density at radius 2 is 1.68 bits per heavy atom. The summed E-state index contributed by atoms with van der Waals surface area (Å²) >= 11 is 0. The lowest BCUT2D eigenvalue weighted by molar-refractivity contribution is -0.135. The van der Waals surface area contributed by atoms with Gasteiger partial charge in [-0.1, -0.05) is 32.0 Å². The molecule has 2 aromatic carbocycles. The normalized spacial score (nSPS) is 16.9. The van der Waals surface area contributed by atoms with Gasteiger partial charge in [0.05, 0.1) is 54.4 Å². The zero-order chi connectivity index (χ0) is 41.5. The summed E-state index contributed by atoms with van der Waals surface area (Å²) in [7, 11) is 2.57. The summed E-state index contributed by atoms with van der Waals surface area (Å²) in [5.41, 5.74) is 5.76. The summed E-state index contributed by atoms with van der Waals surface area (Å²) in [5.74, 6) is 1.07. The van der Waals surface area contributed by atoms with Crippen molar-refractivity contribution < 1.29 is 33.4 Å². The number of carbonyl (C=O) groups excluding carboxylic acids is 4. The van der Waals surface area contributed by atoms with E-state index in [2.05, 4.69) is 41.1 Å². The number of amides is 4. The van der Waals surface area contributed by atoms with Gasteiger partial charge in [-0.05, 0) is 74.6 Å². The minimum absolute atomic E-state index is 0.000800. The summed E-state index contributed by atoms with van der Waals surface area (Å²) in [6, 6.07) is 12.4. The van der Waals surface area contributed by atoms with Gasteiger partial charge in [0.2, 0.25) is 11.8 Å².